The molecule has 0 atom stereocenters. The molecular formula is C11H18MnNO. The Labute approximate surface area is 97.9 Å². The molecule has 1 saturated heterocycles. The van der Waals surface area contributed by atoms with Crippen molar-refractivity contribution >= 4 is 5.91 Å². The average Bonchev–Trinajstić information content (AvgIpc) is 1.77. The number of carbonyl (C=O) groups excluding carboxylic acids is 1. The molecular weight excluding hydrogens is 217 g/mol. The van der Waals surface area contributed by atoms with Crippen LogP contribution >= 0.6 is 0 Å². The van der Waals surface area contributed by atoms with Gasteiger partial charge in [-0.25, -0.2) is 0 Å². The summed E-state index contributed by atoms with van der Waals surface area (Å²) >= 11 is 0. The van der Waals surface area contributed by atoms with Gasteiger partial charge in [-0.1, -0.05) is 6.42 Å². The van der Waals surface area contributed by atoms with Gasteiger partial charge in [0, 0.05) is 5.92 Å². The molecule has 0 aromatic carbocycles. The van der Waals surface area contributed by atoms with Crippen LogP contribution in [0.1, 0.15) is 19.3 Å². The third kappa shape index (κ3) is 2.52. The molecule has 0 N–H and O–H groups in total. The summed E-state index contributed by atoms with van der Waals surface area (Å²) in [7, 11) is 0. The summed E-state index contributed by atoms with van der Waals surface area (Å²) in [6.45, 7) is 9.32. The van der Waals surface area contributed by atoms with Gasteiger partial charge in [0.15, 0.2) is 0 Å². The molecule has 0 aromatic rings. The monoisotopic (exact) mass is 235 g/mol. The molecule has 1 saturated carbocycles. The van der Waals surface area contributed by atoms with E-state index < -0.39 is 0 Å². The van der Waals surface area contributed by atoms with Crippen molar-refractivity contribution in [2.45, 2.75) is 19.3 Å². The number of carbonyl (C=O) groups is 1. The van der Waals surface area contributed by atoms with Crippen molar-refractivity contribution in [3.63, 3.8) is 0 Å². The van der Waals surface area contributed by atoms with Crippen LogP contribution in [0.15, 0.2) is 0 Å². The van der Waals surface area contributed by atoms with Crippen LogP contribution in [0.3, 0.4) is 0 Å². The van der Waals surface area contributed by atoms with Crippen LogP contribution in [0.4, 0.5) is 0 Å². The number of likely N-dealkylation sites (tertiary alicyclic amines) is 1. The van der Waals surface area contributed by atoms with Crippen LogP contribution in [0.5, 0.6) is 0 Å². The van der Waals surface area contributed by atoms with Gasteiger partial charge >= 0.3 is 17.1 Å². The third-order valence-electron chi connectivity index (χ3n) is 2.82. The summed E-state index contributed by atoms with van der Waals surface area (Å²) < 4.78 is 0. The van der Waals surface area contributed by atoms with E-state index in [1.807, 2.05) is 4.90 Å². The summed E-state index contributed by atoms with van der Waals surface area (Å²) in [5.41, 5.74) is -0.112. The predicted octanol–water partition coefficient (Wildman–Crippen LogP) is 1.73. The first kappa shape index (κ1) is 14.0. The van der Waals surface area contributed by atoms with Crippen molar-refractivity contribution in [1.82, 2.24) is 4.90 Å². The molecule has 0 aromatic heterocycles. The molecule has 1 heterocycles. The number of hydrogen-bond donors (Lipinski definition) is 0. The van der Waals surface area contributed by atoms with Gasteiger partial charge in [0.25, 0.3) is 0 Å². The van der Waals surface area contributed by atoms with Gasteiger partial charge in [0.2, 0.25) is 5.91 Å². The molecule has 0 bridgehead atoms. The van der Waals surface area contributed by atoms with E-state index >= 15 is 0 Å². The number of nitrogens with zero attached hydrogens (tertiary/aromatic N) is 1. The Balaban J connectivity index is 0.000000845. The molecule has 1 aliphatic carbocycles. The van der Waals surface area contributed by atoms with E-state index in [0.29, 0.717) is 11.8 Å². The first-order valence-electron chi connectivity index (χ1n) is 4.58. The maximum atomic E-state index is 11.6. The number of rotatable bonds is 1. The van der Waals surface area contributed by atoms with Gasteiger partial charge in [-0.2, -0.15) is 0 Å². The third-order valence-corrected chi connectivity index (χ3v) is 2.82. The summed E-state index contributed by atoms with van der Waals surface area (Å²) in [4.78, 5) is 13.5. The minimum atomic E-state index is -0.112. The van der Waals surface area contributed by atoms with Gasteiger partial charge in [0.05, 0.1) is 0 Å². The molecule has 0 spiro atoms. The Morgan fingerprint density at radius 3 is 2.07 bits per heavy atom. The summed E-state index contributed by atoms with van der Waals surface area (Å²) in [6.07, 6.45) is 3.41. The first-order chi connectivity index (χ1) is 5.58. The van der Waals surface area contributed by atoms with E-state index in [9.17, 15) is 4.79 Å². The van der Waals surface area contributed by atoms with Crippen LogP contribution in [-0.2, 0) is 21.9 Å². The standard InChI is InChI=1S/C10H15NO.CH3.Mn/c1-10(2)6-11(7-10)9(12)8-4-3-5-8;;/h8H,1-7H2;1H3;/q-2;-1;+3. The summed E-state index contributed by atoms with van der Waals surface area (Å²) in [5, 5.41) is 0. The van der Waals surface area contributed by atoms with Gasteiger partial charge in [-0.3, -0.25) is 10.2 Å². The van der Waals surface area contributed by atoms with Gasteiger partial charge in [0.1, 0.15) is 0 Å². The topological polar surface area (TPSA) is 20.3 Å². The molecule has 0 unspecified atom stereocenters. The quantitative estimate of drug-likeness (QED) is 0.500. The van der Waals surface area contributed by atoms with E-state index in [-0.39, 0.29) is 29.9 Å². The molecule has 0 radical (unpaired) electrons. The average molecular weight is 235 g/mol. The molecule has 2 nitrogen and oxygen atoms in total. The zero-order valence-electron chi connectivity index (χ0n) is 8.76. The number of hydrogen-bond acceptors (Lipinski definition) is 1. The van der Waals surface area contributed by atoms with E-state index in [1.165, 1.54) is 6.42 Å². The second kappa shape index (κ2) is 4.67. The van der Waals surface area contributed by atoms with Crippen molar-refractivity contribution in [1.29, 1.82) is 0 Å². The summed E-state index contributed by atoms with van der Waals surface area (Å²) in [5.74, 6) is 0.672. The minimum absolute atomic E-state index is 0. The molecule has 14 heavy (non-hydrogen) atoms. The SMILES string of the molecule is [CH2-]C1([CH2-])CN(C(=O)C2CCC2)C1.[CH3-].[Mn+3]. The van der Waals surface area contributed by atoms with Gasteiger partial charge < -0.3 is 26.2 Å². The minimum Gasteiger partial charge on any atom is -0.363 e. The smallest absolute Gasteiger partial charge is 0.363 e. The van der Waals surface area contributed by atoms with E-state index in [0.717, 1.165) is 25.9 Å². The number of amides is 1. The predicted molar refractivity (Wildman–Crippen MR) is 53.5 cm³/mol. The Kier molecular flexibility index (Phi) is 4.67. The molecule has 1 amide bonds. The van der Waals surface area contributed by atoms with Crippen LogP contribution in [0, 0.1) is 32.6 Å². The van der Waals surface area contributed by atoms with Crippen LogP contribution in [0.25, 0.3) is 0 Å². The molecule has 3 heteroatoms. The largest absolute Gasteiger partial charge is 3.00 e. The molecule has 2 rings (SSSR count). The fraction of sp³-hybridized carbons (Fsp3) is 0.636. The van der Waals surface area contributed by atoms with Crippen molar-refractivity contribution < 1.29 is 21.9 Å². The van der Waals surface area contributed by atoms with Crippen molar-refractivity contribution in [3.8, 4) is 0 Å². The maximum absolute atomic E-state index is 11.6. The van der Waals surface area contributed by atoms with E-state index in [4.69, 9.17) is 0 Å². The van der Waals surface area contributed by atoms with Gasteiger partial charge in [-0.05, 0) is 25.9 Å². The second-order valence-electron chi connectivity index (χ2n) is 4.32. The van der Waals surface area contributed by atoms with Crippen molar-refractivity contribution in [2.24, 2.45) is 11.3 Å². The van der Waals surface area contributed by atoms with Gasteiger partial charge in [-0.15, -0.1) is 0 Å². The van der Waals surface area contributed by atoms with Crippen molar-refractivity contribution in [2.75, 3.05) is 13.1 Å². The Hall–Kier alpha value is -0.0105. The zero-order valence-corrected chi connectivity index (χ0v) is 9.94. The Morgan fingerprint density at radius 1 is 1.29 bits per heavy atom. The van der Waals surface area contributed by atoms with Crippen LogP contribution in [-0.4, -0.2) is 23.9 Å². The fourth-order valence-corrected chi connectivity index (χ4v) is 1.83. The molecule has 1 aliphatic heterocycles. The van der Waals surface area contributed by atoms with Crippen molar-refractivity contribution in [3.05, 3.63) is 21.3 Å². The first-order valence-corrected chi connectivity index (χ1v) is 4.58. The van der Waals surface area contributed by atoms with Crippen LogP contribution < -0.4 is 0 Å². The second-order valence-corrected chi connectivity index (χ2v) is 4.32. The Bertz CT molecular complexity index is 203. The zero-order chi connectivity index (χ0) is 8.77. The normalized spacial score (nSPS) is 23.7. The van der Waals surface area contributed by atoms with E-state index in [2.05, 4.69) is 13.8 Å². The maximum Gasteiger partial charge on any atom is 3.00 e. The Morgan fingerprint density at radius 2 is 1.79 bits per heavy atom. The van der Waals surface area contributed by atoms with E-state index in [1.54, 1.807) is 0 Å². The molecule has 2 aliphatic rings. The summed E-state index contributed by atoms with van der Waals surface area (Å²) in [6, 6.07) is 0. The molecule has 80 valence electrons. The van der Waals surface area contributed by atoms with Crippen LogP contribution in [0.2, 0.25) is 0 Å². The molecule has 2 fully saturated rings. The fourth-order valence-electron chi connectivity index (χ4n) is 1.83.